The normalized spacial score (nSPS) is 14.8. The number of nitrogens with two attached hydrogens (primary N) is 1. The minimum atomic E-state index is 0.384. The van der Waals surface area contributed by atoms with Crippen LogP contribution in [0.15, 0.2) is 36.7 Å². The molecule has 1 saturated heterocycles. The van der Waals surface area contributed by atoms with Crippen LogP contribution in [0, 0.1) is 11.3 Å². The summed E-state index contributed by atoms with van der Waals surface area (Å²) in [5.74, 6) is 0.673. The van der Waals surface area contributed by atoms with Gasteiger partial charge in [0.25, 0.3) is 0 Å². The smallest absolute Gasteiger partial charge is 0.183 e. The zero-order valence-electron chi connectivity index (χ0n) is 11.6. The molecule has 106 valence electrons. The number of anilines is 3. The Labute approximate surface area is 123 Å². The Morgan fingerprint density at radius 1 is 1.05 bits per heavy atom. The molecule has 1 aromatic carbocycles. The molecule has 0 saturated carbocycles. The molecule has 0 spiro atoms. The zero-order chi connectivity index (χ0) is 14.7. The van der Waals surface area contributed by atoms with Crippen LogP contribution in [-0.4, -0.2) is 36.1 Å². The van der Waals surface area contributed by atoms with Crippen LogP contribution in [0.2, 0.25) is 0 Å². The molecule has 2 heterocycles. The van der Waals surface area contributed by atoms with E-state index in [0.29, 0.717) is 11.5 Å². The van der Waals surface area contributed by atoms with Crippen LogP contribution in [0.3, 0.4) is 0 Å². The van der Waals surface area contributed by atoms with Crippen molar-refractivity contribution in [1.82, 2.24) is 9.97 Å². The largest absolute Gasteiger partial charge is 0.399 e. The van der Waals surface area contributed by atoms with Gasteiger partial charge in [-0.1, -0.05) is 6.07 Å². The quantitative estimate of drug-likeness (QED) is 0.834. The van der Waals surface area contributed by atoms with Gasteiger partial charge in [-0.25, -0.2) is 9.97 Å². The number of nitrogen functional groups attached to an aromatic ring is 1. The Balaban J connectivity index is 1.72. The molecular formula is C15H16N6. The highest BCUT2D eigenvalue weighted by Crippen LogP contribution is 2.21. The number of nitriles is 1. The molecule has 3 rings (SSSR count). The summed E-state index contributed by atoms with van der Waals surface area (Å²) in [5, 5.41) is 9.11. The lowest BCUT2D eigenvalue weighted by Crippen LogP contribution is -2.47. The van der Waals surface area contributed by atoms with Gasteiger partial charge in [0.05, 0.1) is 0 Å². The lowest BCUT2D eigenvalue weighted by atomic mass is 10.2. The first-order valence-electron chi connectivity index (χ1n) is 6.84. The van der Waals surface area contributed by atoms with Gasteiger partial charge in [0, 0.05) is 49.9 Å². The molecule has 0 bridgehead atoms. The summed E-state index contributed by atoms with van der Waals surface area (Å²) in [7, 11) is 0. The van der Waals surface area contributed by atoms with Crippen molar-refractivity contribution in [2.75, 3.05) is 41.7 Å². The van der Waals surface area contributed by atoms with Crippen LogP contribution in [0.5, 0.6) is 0 Å². The average Bonchev–Trinajstić information content (AvgIpc) is 2.55. The predicted octanol–water partition coefficient (Wildman–Crippen LogP) is 1.26. The van der Waals surface area contributed by atoms with Crippen LogP contribution in [0.4, 0.5) is 17.2 Å². The fourth-order valence-corrected chi connectivity index (χ4v) is 2.54. The summed E-state index contributed by atoms with van der Waals surface area (Å²) in [6.45, 7) is 3.35. The Kier molecular flexibility index (Phi) is 3.56. The number of aromatic nitrogens is 2. The first kappa shape index (κ1) is 13.2. The third-order valence-corrected chi connectivity index (χ3v) is 3.60. The van der Waals surface area contributed by atoms with E-state index in [0.717, 1.165) is 37.6 Å². The maximum absolute atomic E-state index is 9.11. The first-order valence-corrected chi connectivity index (χ1v) is 6.84. The number of hydrogen-bond acceptors (Lipinski definition) is 6. The molecule has 0 unspecified atom stereocenters. The van der Waals surface area contributed by atoms with E-state index in [1.54, 1.807) is 12.4 Å². The maximum Gasteiger partial charge on any atom is 0.183 e. The molecule has 6 heteroatoms. The molecule has 1 aliphatic heterocycles. The summed E-state index contributed by atoms with van der Waals surface area (Å²) in [4.78, 5) is 12.7. The van der Waals surface area contributed by atoms with E-state index in [4.69, 9.17) is 11.0 Å². The maximum atomic E-state index is 9.11. The molecule has 6 nitrogen and oxygen atoms in total. The van der Waals surface area contributed by atoms with Gasteiger partial charge in [0.2, 0.25) is 0 Å². The summed E-state index contributed by atoms with van der Waals surface area (Å²) >= 11 is 0. The molecule has 1 aromatic heterocycles. The second-order valence-electron chi connectivity index (χ2n) is 4.91. The van der Waals surface area contributed by atoms with Gasteiger partial charge in [0.1, 0.15) is 6.07 Å². The Hall–Kier alpha value is -2.81. The van der Waals surface area contributed by atoms with Crippen molar-refractivity contribution in [2.24, 2.45) is 0 Å². The van der Waals surface area contributed by atoms with E-state index in [2.05, 4.69) is 31.9 Å². The zero-order valence-corrected chi connectivity index (χ0v) is 11.6. The number of benzene rings is 1. The Bertz CT molecular complexity index is 670. The van der Waals surface area contributed by atoms with Crippen molar-refractivity contribution in [1.29, 1.82) is 5.26 Å². The van der Waals surface area contributed by atoms with Crippen LogP contribution in [-0.2, 0) is 0 Å². The van der Waals surface area contributed by atoms with Crippen LogP contribution in [0.1, 0.15) is 5.69 Å². The standard InChI is InChI=1S/C15H16N6/c16-11-14-15(19-5-4-18-14)21-8-6-20(7-9-21)13-3-1-2-12(17)10-13/h1-5,10H,6-9,17H2. The highest BCUT2D eigenvalue weighted by molar-refractivity contribution is 5.57. The lowest BCUT2D eigenvalue weighted by molar-refractivity contribution is 0.645. The third-order valence-electron chi connectivity index (χ3n) is 3.60. The van der Waals surface area contributed by atoms with Crippen LogP contribution < -0.4 is 15.5 Å². The molecule has 0 amide bonds. The summed E-state index contributed by atoms with van der Waals surface area (Å²) in [6.07, 6.45) is 3.17. The molecule has 0 atom stereocenters. The topological polar surface area (TPSA) is 82.1 Å². The van der Waals surface area contributed by atoms with E-state index in [1.165, 1.54) is 0 Å². The molecule has 2 aromatic rings. The van der Waals surface area contributed by atoms with Crippen molar-refractivity contribution >= 4 is 17.2 Å². The van der Waals surface area contributed by atoms with E-state index in [1.807, 2.05) is 18.2 Å². The molecule has 0 radical (unpaired) electrons. The van der Waals surface area contributed by atoms with Crippen molar-refractivity contribution in [3.05, 3.63) is 42.4 Å². The van der Waals surface area contributed by atoms with Crippen LogP contribution >= 0.6 is 0 Å². The van der Waals surface area contributed by atoms with Crippen molar-refractivity contribution in [2.45, 2.75) is 0 Å². The molecule has 1 fully saturated rings. The van der Waals surface area contributed by atoms with Gasteiger partial charge >= 0.3 is 0 Å². The lowest BCUT2D eigenvalue weighted by Gasteiger charge is -2.36. The van der Waals surface area contributed by atoms with Gasteiger partial charge < -0.3 is 15.5 Å². The van der Waals surface area contributed by atoms with Gasteiger partial charge in [-0.05, 0) is 18.2 Å². The van der Waals surface area contributed by atoms with E-state index >= 15 is 0 Å². The van der Waals surface area contributed by atoms with E-state index in [9.17, 15) is 0 Å². The first-order chi connectivity index (χ1) is 10.3. The molecular weight excluding hydrogens is 264 g/mol. The Morgan fingerprint density at radius 2 is 1.76 bits per heavy atom. The summed E-state index contributed by atoms with van der Waals surface area (Å²) in [5.41, 5.74) is 8.12. The second kappa shape index (κ2) is 5.67. The van der Waals surface area contributed by atoms with Gasteiger partial charge in [-0.15, -0.1) is 0 Å². The highest BCUT2D eigenvalue weighted by atomic mass is 15.3. The monoisotopic (exact) mass is 280 g/mol. The van der Waals surface area contributed by atoms with Crippen molar-refractivity contribution < 1.29 is 0 Å². The van der Waals surface area contributed by atoms with Gasteiger partial charge in [0.15, 0.2) is 11.5 Å². The average molecular weight is 280 g/mol. The van der Waals surface area contributed by atoms with Crippen molar-refractivity contribution in [3.8, 4) is 6.07 Å². The molecule has 1 aliphatic rings. The number of hydrogen-bond donors (Lipinski definition) is 1. The van der Waals surface area contributed by atoms with Gasteiger partial charge in [-0.2, -0.15) is 5.26 Å². The summed E-state index contributed by atoms with van der Waals surface area (Å²) in [6, 6.07) is 10.0. The van der Waals surface area contributed by atoms with E-state index in [-0.39, 0.29) is 0 Å². The van der Waals surface area contributed by atoms with Crippen LogP contribution in [0.25, 0.3) is 0 Å². The van der Waals surface area contributed by atoms with E-state index < -0.39 is 0 Å². The SMILES string of the molecule is N#Cc1nccnc1N1CCN(c2cccc(N)c2)CC1. The highest BCUT2D eigenvalue weighted by Gasteiger charge is 2.20. The predicted molar refractivity (Wildman–Crippen MR) is 82.0 cm³/mol. The fourth-order valence-electron chi connectivity index (χ4n) is 2.54. The fraction of sp³-hybridized carbons (Fsp3) is 0.267. The number of piperazine rings is 1. The summed E-state index contributed by atoms with van der Waals surface area (Å²) < 4.78 is 0. The second-order valence-corrected chi connectivity index (χ2v) is 4.91. The minimum absolute atomic E-state index is 0.384. The third kappa shape index (κ3) is 2.72. The Morgan fingerprint density at radius 3 is 2.48 bits per heavy atom. The number of rotatable bonds is 2. The van der Waals surface area contributed by atoms with Gasteiger partial charge in [-0.3, -0.25) is 0 Å². The van der Waals surface area contributed by atoms with Crippen molar-refractivity contribution in [3.63, 3.8) is 0 Å². The molecule has 2 N–H and O–H groups in total. The molecule has 0 aliphatic carbocycles. The molecule has 21 heavy (non-hydrogen) atoms. The minimum Gasteiger partial charge on any atom is -0.399 e. The number of nitrogens with zero attached hydrogens (tertiary/aromatic N) is 5.